The van der Waals surface area contributed by atoms with Crippen LogP contribution in [-0.4, -0.2) is 47.1 Å². The molecule has 0 amide bonds. The number of cyclic esters (lactones) is 2. The Labute approximate surface area is 184 Å². The Kier molecular flexibility index (Phi) is 5.73. The third-order valence-electron chi connectivity index (χ3n) is 4.28. The number of carbonyl (C=O) groups excluding carboxylic acids is 4. The highest BCUT2D eigenvalue weighted by Gasteiger charge is 2.39. The summed E-state index contributed by atoms with van der Waals surface area (Å²) in [4.78, 5) is 49.2. The third-order valence-corrected chi connectivity index (χ3v) is 4.28. The monoisotopic (exact) mass is 444 g/mol. The van der Waals surface area contributed by atoms with Crippen molar-refractivity contribution in [2.75, 3.05) is 12.4 Å². The molecule has 10 heteroatoms. The van der Waals surface area contributed by atoms with E-state index < -0.39 is 35.4 Å². The van der Waals surface area contributed by atoms with E-state index in [2.05, 4.69) is 5.32 Å². The first-order valence-electron chi connectivity index (χ1n) is 9.72. The van der Waals surface area contributed by atoms with Crippen LogP contribution < -0.4 is 5.32 Å². The van der Waals surface area contributed by atoms with Crippen LogP contribution in [0.4, 0.5) is 10.5 Å². The van der Waals surface area contributed by atoms with Gasteiger partial charge in [-0.05, 0) is 39.0 Å². The fraction of sp³-hybridized carbons (Fsp3) is 0.364. The number of anilines is 1. The summed E-state index contributed by atoms with van der Waals surface area (Å²) < 4.78 is 21.4. The van der Waals surface area contributed by atoms with Crippen molar-refractivity contribution in [2.24, 2.45) is 0 Å². The molecule has 2 aromatic rings. The van der Waals surface area contributed by atoms with Crippen LogP contribution in [0.1, 0.15) is 45.1 Å². The first-order valence-corrected chi connectivity index (χ1v) is 9.72. The number of aromatic nitrogens is 1. The first kappa shape index (κ1) is 22.9. The summed E-state index contributed by atoms with van der Waals surface area (Å²) in [6.07, 6.45) is 0.397. The summed E-state index contributed by atoms with van der Waals surface area (Å²) >= 11 is 0. The van der Waals surface area contributed by atoms with E-state index >= 15 is 0 Å². The molecule has 0 bridgehead atoms. The Morgan fingerprint density at radius 2 is 1.72 bits per heavy atom. The molecule has 1 N–H and O–H groups in total. The van der Waals surface area contributed by atoms with Gasteiger partial charge in [0, 0.05) is 31.1 Å². The van der Waals surface area contributed by atoms with Crippen molar-refractivity contribution in [1.82, 2.24) is 4.57 Å². The van der Waals surface area contributed by atoms with Crippen LogP contribution in [0.15, 0.2) is 36.0 Å². The lowest BCUT2D eigenvalue weighted by Gasteiger charge is -2.29. The molecule has 10 nitrogen and oxygen atoms in total. The molecule has 1 aromatic carbocycles. The van der Waals surface area contributed by atoms with Crippen LogP contribution in [-0.2, 0) is 28.5 Å². The molecule has 0 aliphatic carbocycles. The normalized spacial score (nSPS) is 15.6. The number of ether oxygens (including phenoxy) is 4. The number of nitrogens with zero attached hydrogens (tertiary/aromatic N) is 1. The second-order valence-corrected chi connectivity index (χ2v) is 8.49. The number of esters is 3. The van der Waals surface area contributed by atoms with Crippen molar-refractivity contribution in [3.05, 3.63) is 41.7 Å². The van der Waals surface area contributed by atoms with Crippen LogP contribution in [0.3, 0.4) is 0 Å². The summed E-state index contributed by atoms with van der Waals surface area (Å²) in [6, 6.07) is 6.37. The molecule has 1 aromatic heterocycles. The van der Waals surface area contributed by atoms with Crippen molar-refractivity contribution < 1.29 is 38.1 Å². The lowest BCUT2D eigenvalue weighted by molar-refractivity contribution is -0.222. The topological polar surface area (TPSA) is 122 Å². The lowest BCUT2D eigenvalue weighted by Crippen LogP contribution is -2.42. The van der Waals surface area contributed by atoms with Crippen molar-refractivity contribution in [3.63, 3.8) is 0 Å². The van der Waals surface area contributed by atoms with Gasteiger partial charge >= 0.3 is 24.0 Å². The van der Waals surface area contributed by atoms with E-state index in [-0.39, 0.29) is 11.3 Å². The zero-order valence-corrected chi connectivity index (χ0v) is 18.6. The SMILES string of the molecule is COC(=O)c1cc2ccc(NC=C3C(=O)OC(C)(C)OC3=O)cc2n1C(=O)OC(C)(C)C. The zero-order valence-electron chi connectivity index (χ0n) is 18.6. The van der Waals surface area contributed by atoms with Gasteiger partial charge in [0.15, 0.2) is 5.57 Å². The van der Waals surface area contributed by atoms with Gasteiger partial charge in [-0.25, -0.2) is 23.7 Å². The van der Waals surface area contributed by atoms with Gasteiger partial charge in [-0.2, -0.15) is 0 Å². The molecule has 0 spiro atoms. The van der Waals surface area contributed by atoms with Gasteiger partial charge in [-0.3, -0.25) is 0 Å². The molecule has 1 aliphatic heterocycles. The minimum Gasteiger partial charge on any atom is -0.464 e. The van der Waals surface area contributed by atoms with Gasteiger partial charge in [0.1, 0.15) is 11.3 Å². The summed E-state index contributed by atoms with van der Waals surface area (Å²) in [5.41, 5.74) is -0.333. The first-order chi connectivity index (χ1) is 14.8. The molecule has 32 heavy (non-hydrogen) atoms. The standard InChI is InChI=1S/C22H24N2O8/c1-21(2,3)32-20(28)24-15-10-13(8-7-12(15)9-16(24)19(27)29-6)23-11-14-17(25)30-22(4,5)31-18(14)26/h7-11,23H,1-6H3. The average Bonchev–Trinajstić information content (AvgIpc) is 3.03. The van der Waals surface area contributed by atoms with E-state index in [4.69, 9.17) is 18.9 Å². The molecule has 1 aliphatic rings. The van der Waals surface area contributed by atoms with Gasteiger partial charge in [-0.15, -0.1) is 0 Å². The van der Waals surface area contributed by atoms with E-state index in [1.807, 2.05) is 0 Å². The number of benzene rings is 1. The van der Waals surface area contributed by atoms with Gasteiger partial charge < -0.3 is 24.3 Å². The fourth-order valence-electron chi connectivity index (χ4n) is 2.98. The minimum atomic E-state index is -1.34. The van der Waals surface area contributed by atoms with Crippen LogP contribution >= 0.6 is 0 Å². The number of rotatable bonds is 3. The van der Waals surface area contributed by atoms with Crippen LogP contribution in [0.5, 0.6) is 0 Å². The Morgan fingerprint density at radius 3 is 2.28 bits per heavy atom. The summed E-state index contributed by atoms with van der Waals surface area (Å²) in [5, 5.41) is 3.39. The van der Waals surface area contributed by atoms with Gasteiger partial charge in [0.05, 0.1) is 12.6 Å². The molecule has 0 saturated carbocycles. The molecular formula is C22H24N2O8. The molecule has 0 unspecified atom stereocenters. The Balaban J connectivity index is 2.00. The van der Waals surface area contributed by atoms with E-state index in [0.29, 0.717) is 16.6 Å². The molecule has 170 valence electrons. The molecule has 1 fully saturated rings. The highest BCUT2D eigenvalue weighted by atomic mass is 16.7. The Morgan fingerprint density at radius 1 is 1.09 bits per heavy atom. The fourth-order valence-corrected chi connectivity index (χ4v) is 2.98. The number of hydrogen-bond acceptors (Lipinski definition) is 9. The van der Waals surface area contributed by atoms with E-state index in [0.717, 1.165) is 10.8 Å². The molecular weight excluding hydrogens is 420 g/mol. The summed E-state index contributed by atoms with van der Waals surface area (Å²) in [5.74, 6) is -3.71. The summed E-state index contributed by atoms with van der Waals surface area (Å²) in [6.45, 7) is 8.01. The quantitative estimate of drug-likeness (QED) is 0.329. The maximum Gasteiger partial charge on any atom is 0.419 e. The summed E-state index contributed by atoms with van der Waals surface area (Å²) in [7, 11) is 1.21. The Bertz CT molecular complexity index is 1130. The van der Waals surface area contributed by atoms with Gasteiger partial charge in [-0.1, -0.05) is 6.07 Å². The van der Waals surface area contributed by atoms with Crippen molar-refractivity contribution in [1.29, 1.82) is 0 Å². The number of carbonyl (C=O) groups is 4. The van der Waals surface area contributed by atoms with Crippen molar-refractivity contribution in [2.45, 2.75) is 46.0 Å². The second-order valence-electron chi connectivity index (χ2n) is 8.49. The second kappa shape index (κ2) is 8.03. The third kappa shape index (κ3) is 4.74. The minimum absolute atomic E-state index is 0.00563. The molecule has 3 rings (SSSR count). The molecule has 0 atom stereocenters. The van der Waals surface area contributed by atoms with Crippen LogP contribution in [0.25, 0.3) is 10.9 Å². The van der Waals surface area contributed by atoms with E-state index in [1.54, 1.807) is 39.0 Å². The van der Waals surface area contributed by atoms with Crippen LogP contribution in [0, 0.1) is 0 Å². The predicted molar refractivity (Wildman–Crippen MR) is 113 cm³/mol. The predicted octanol–water partition coefficient (Wildman–Crippen LogP) is 3.34. The Hall–Kier alpha value is -3.82. The largest absolute Gasteiger partial charge is 0.464 e. The molecule has 1 saturated heterocycles. The van der Waals surface area contributed by atoms with Crippen molar-refractivity contribution in [3.8, 4) is 0 Å². The number of methoxy groups -OCH3 is 1. The molecule has 0 radical (unpaired) electrons. The maximum absolute atomic E-state index is 12.8. The van der Waals surface area contributed by atoms with E-state index in [9.17, 15) is 19.2 Å². The number of hydrogen-bond donors (Lipinski definition) is 1. The lowest BCUT2D eigenvalue weighted by atomic mass is 10.2. The van der Waals surface area contributed by atoms with Crippen LogP contribution in [0.2, 0.25) is 0 Å². The number of nitrogens with one attached hydrogen (secondary N) is 1. The van der Waals surface area contributed by atoms with E-state index in [1.165, 1.54) is 27.0 Å². The van der Waals surface area contributed by atoms with Gasteiger partial charge in [0.25, 0.3) is 5.79 Å². The number of fused-ring (bicyclic) bond motifs is 1. The molecule has 2 heterocycles. The smallest absolute Gasteiger partial charge is 0.419 e. The zero-order chi connectivity index (χ0) is 23.8. The average molecular weight is 444 g/mol. The highest BCUT2D eigenvalue weighted by Crippen LogP contribution is 2.27. The maximum atomic E-state index is 12.8. The highest BCUT2D eigenvalue weighted by molar-refractivity contribution is 6.15. The van der Waals surface area contributed by atoms with Gasteiger partial charge in [0.2, 0.25) is 0 Å². The van der Waals surface area contributed by atoms with Crippen molar-refractivity contribution >= 4 is 40.6 Å².